The standard InChI is InChI=1S/C8H12N4O2/c1-5-6(11-4-10-5)2-9-7-3-14-12-8(7)13/h4,7,9H,2-3H2,1H3,(H,10,11)(H,12,13). The van der Waals surface area contributed by atoms with Crippen molar-refractivity contribution in [3.8, 4) is 0 Å². The molecule has 1 saturated heterocycles. The molecule has 1 amide bonds. The number of carbonyl (C=O) groups excluding carboxylic acids is 1. The van der Waals surface area contributed by atoms with Crippen molar-refractivity contribution in [1.29, 1.82) is 0 Å². The number of aromatic nitrogens is 2. The van der Waals surface area contributed by atoms with Crippen molar-refractivity contribution in [3.63, 3.8) is 0 Å². The lowest BCUT2D eigenvalue weighted by Gasteiger charge is -2.06. The van der Waals surface area contributed by atoms with Crippen molar-refractivity contribution >= 4 is 5.91 Å². The minimum absolute atomic E-state index is 0.127. The van der Waals surface area contributed by atoms with Crippen LogP contribution in [0.25, 0.3) is 0 Å². The van der Waals surface area contributed by atoms with Gasteiger partial charge in [0.15, 0.2) is 0 Å². The molecule has 1 aromatic heterocycles. The van der Waals surface area contributed by atoms with Crippen LogP contribution in [0.5, 0.6) is 0 Å². The number of hydrogen-bond acceptors (Lipinski definition) is 4. The van der Waals surface area contributed by atoms with Gasteiger partial charge in [-0.3, -0.25) is 14.9 Å². The fraction of sp³-hybridized carbons (Fsp3) is 0.500. The summed E-state index contributed by atoms with van der Waals surface area (Å²) >= 11 is 0. The van der Waals surface area contributed by atoms with Gasteiger partial charge >= 0.3 is 0 Å². The molecule has 1 aromatic rings. The Hall–Kier alpha value is -1.40. The number of imidazole rings is 1. The molecular formula is C8H12N4O2. The molecule has 6 nitrogen and oxygen atoms in total. The molecule has 1 aliphatic rings. The Labute approximate surface area is 81.0 Å². The van der Waals surface area contributed by atoms with Crippen molar-refractivity contribution in [2.75, 3.05) is 6.61 Å². The zero-order valence-electron chi connectivity index (χ0n) is 7.83. The first-order chi connectivity index (χ1) is 6.77. The molecule has 76 valence electrons. The van der Waals surface area contributed by atoms with Crippen LogP contribution in [0.4, 0.5) is 0 Å². The number of amides is 1. The molecule has 2 heterocycles. The Morgan fingerprint density at radius 2 is 2.64 bits per heavy atom. The van der Waals surface area contributed by atoms with E-state index in [1.165, 1.54) is 0 Å². The minimum atomic E-state index is -0.272. The highest BCUT2D eigenvalue weighted by Crippen LogP contribution is 2.01. The Kier molecular flexibility index (Phi) is 2.47. The second-order valence-electron chi connectivity index (χ2n) is 3.19. The maximum absolute atomic E-state index is 11.1. The topological polar surface area (TPSA) is 79.0 Å². The lowest BCUT2D eigenvalue weighted by molar-refractivity contribution is -0.125. The predicted molar refractivity (Wildman–Crippen MR) is 48.0 cm³/mol. The number of nitrogens with one attached hydrogen (secondary N) is 3. The summed E-state index contributed by atoms with van der Waals surface area (Å²) in [6, 6.07) is -0.272. The van der Waals surface area contributed by atoms with Crippen LogP contribution >= 0.6 is 0 Å². The zero-order chi connectivity index (χ0) is 9.97. The first-order valence-corrected chi connectivity index (χ1v) is 4.41. The number of carbonyl (C=O) groups is 1. The van der Waals surface area contributed by atoms with Gasteiger partial charge in [-0.1, -0.05) is 0 Å². The van der Waals surface area contributed by atoms with Gasteiger partial charge in [-0.15, -0.1) is 0 Å². The molecule has 0 aliphatic carbocycles. The third-order valence-electron chi connectivity index (χ3n) is 2.19. The molecule has 3 N–H and O–H groups in total. The van der Waals surface area contributed by atoms with E-state index < -0.39 is 0 Å². The molecule has 0 spiro atoms. The van der Waals surface area contributed by atoms with Gasteiger partial charge in [-0.25, -0.2) is 10.5 Å². The van der Waals surface area contributed by atoms with Crippen LogP contribution in [-0.4, -0.2) is 28.5 Å². The van der Waals surface area contributed by atoms with Crippen molar-refractivity contribution < 1.29 is 9.63 Å². The Balaban J connectivity index is 1.88. The maximum atomic E-state index is 11.1. The van der Waals surface area contributed by atoms with E-state index in [-0.39, 0.29) is 11.9 Å². The monoisotopic (exact) mass is 196 g/mol. The maximum Gasteiger partial charge on any atom is 0.263 e. The molecule has 0 aromatic carbocycles. The van der Waals surface area contributed by atoms with Gasteiger partial charge in [-0.05, 0) is 6.92 Å². The average molecular weight is 196 g/mol. The first-order valence-electron chi connectivity index (χ1n) is 4.41. The quantitative estimate of drug-likeness (QED) is 0.593. The molecule has 1 fully saturated rings. The average Bonchev–Trinajstić information content (AvgIpc) is 2.72. The van der Waals surface area contributed by atoms with E-state index in [1.54, 1.807) is 6.33 Å². The second-order valence-corrected chi connectivity index (χ2v) is 3.19. The van der Waals surface area contributed by atoms with Gasteiger partial charge < -0.3 is 4.98 Å². The van der Waals surface area contributed by atoms with Gasteiger partial charge in [0.1, 0.15) is 6.04 Å². The summed E-state index contributed by atoms with van der Waals surface area (Å²) in [5.74, 6) is -0.127. The lowest BCUT2D eigenvalue weighted by Crippen LogP contribution is -2.37. The van der Waals surface area contributed by atoms with Gasteiger partial charge in [0, 0.05) is 12.2 Å². The van der Waals surface area contributed by atoms with Crippen molar-refractivity contribution in [1.82, 2.24) is 20.8 Å². The number of nitrogens with zero attached hydrogens (tertiary/aromatic N) is 1. The molecular weight excluding hydrogens is 184 g/mol. The highest BCUT2D eigenvalue weighted by Gasteiger charge is 2.24. The molecule has 1 atom stereocenters. The van der Waals surface area contributed by atoms with E-state index in [9.17, 15) is 4.79 Å². The van der Waals surface area contributed by atoms with E-state index in [2.05, 4.69) is 20.8 Å². The molecule has 1 unspecified atom stereocenters. The number of rotatable bonds is 3. The normalized spacial score (nSPS) is 21.2. The van der Waals surface area contributed by atoms with Crippen LogP contribution < -0.4 is 10.8 Å². The molecule has 1 aliphatic heterocycles. The van der Waals surface area contributed by atoms with E-state index in [0.717, 1.165) is 11.4 Å². The predicted octanol–water partition coefficient (Wildman–Crippen LogP) is -0.762. The zero-order valence-corrected chi connectivity index (χ0v) is 7.83. The molecule has 14 heavy (non-hydrogen) atoms. The summed E-state index contributed by atoms with van der Waals surface area (Å²) < 4.78 is 0. The summed E-state index contributed by atoms with van der Waals surface area (Å²) in [6.45, 7) is 2.87. The van der Waals surface area contributed by atoms with E-state index in [0.29, 0.717) is 13.2 Å². The highest BCUT2D eigenvalue weighted by molar-refractivity contribution is 5.82. The van der Waals surface area contributed by atoms with Crippen LogP contribution in [0, 0.1) is 6.92 Å². The largest absolute Gasteiger partial charge is 0.348 e. The number of aromatic amines is 1. The van der Waals surface area contributed by atoms with Crippen molar-refractivity contribution in [3.05, 3.63) is 17.7 Å². The van der Waals surface area contributed by atoms with Crippen LogP contribution in [0.2, 0.25) is 0 Å². The Morgan fingerprint density at radius 1 is 1.79 bits per heavy atom. The van der Waals surface area contributed by atoms with Gasteiger partial charge in [-0.2, -0.15) is 0 Å². The van der Waals surface area contributed by atoms with E-state index in [1.807, 2.05) is 6.92 Å². The fourth-order valence-electron chi connectivity index (χ4n) is 1.28. The van der Waals surface area contributed by atoms with Gasteiger partial charge in [0.2, 0.25) is 0 Å². The number of H-pyrrole nitrogens is 1. The summed E-state index contributed by atoms with van der Waals surface area (Å²) in [5.41, 5.74) is 4.22. The number of hydroxylamine groups is 1. The van der Waals surface area contributed by atoms with Crippen molar-refractivity contribution in [2.45, 2.75) is 19.5 Å². The number of aryl methyl sites for hydroxylation is 1. The van der Waals surface area contributed by atoms with E-state index >= 15 is 0 Å². The first kappa shape index (κ1) is 9.17. The third-order valence-corrected chi connectivity index (χ3v) is 2.19. The molecule has 6 heteroatoms. The lowest BCUT2D eigenvalue weighted by atomic mass is 10.3. The highest BCUT2D eigenvalue weighted by atomic mass is 16.7. The summed E-state index contributed by atoms with van der Waals surface area (Å²) in [6.07, 6.45) is 1.64. The minimum Gasteiger partial charge on any atom is -0.348 e. The fourth-order valence-corrected chi connectivity index (χ4v) is 1.28. The molecule has 0 radical (unpaired) electrons. The van der Waals surface area contributed by atoms with Crippen LogP contribution in [0.3, 0.4) is 0 Å². The van der Waals surface area contributed by atoms with E-state index in [4.69, 9.17) is 4.84 Å². The van der Waals surface area contributed by atoms with Crippen LogP contribution in [-0.2, 0) is 16.2 Å². The summed E-state index contributed by atoms with van der Waals surface area (Å²) in [5, 5.41) is 3.06. The third kappa shape index (κ3) is 1.75. The number of hydrogen-bond donors (Lipinski definition) is 3. The SMILES string of the molecule is Cc1[nH]cnc1CNC1CONC1=O. The van der Waals surface area contributed by atoms with Gasteiger partial charge in [0.25, 0.3) is 5.91 Å². The summed E-state index contributed by atoms with van der Waals surface area (Å²) in [7, 11) is 0. The molecule has 0 saturated carbocycles. The smallest absolute Gasteiger partial charge is 0.263 e. The van der Waals surface area contributed by atoms with Crippen molar-refractivity contribution in [2.24, 2.45) is 0 Å². The Bertz CT molecular complexity index is 336. The van der Waals surface area contributed by atoms with Crippen LogP contribution in [0.1, 0.15) is 11.4 Å². The molecule has 2 rings (SSSR count). The second kappa shape index (κ2) is 3.77. The summed E-state index contributed by atoms with van der Waals surface area (Å²) in [4.78, 5) is 23.0. The van der Waals surface area contributed by atoms with Crippen LogP contribution in [0.15, 0.2) is 6.33 Å². The Morgan fingerprint density at radius 3 is 3.21 bits per heavy atom. The molecule has 0 bridgehead atoms. The van der Waals surface area contributed by atoms with Gasteiger partial charge in [0.05, 0.1) is 18.6 Å².